The SMILES string of the molecule is CCCCNC(=O)[C@@H](C)N(Cc1cccc(OC)c1)C(=O)Cc1cccc(Cl)c1. The maximum Gasteiger partial charge on any atom is 0.242 e. The molecule has 0 aromatic heterocycles. The molecule has 2 rings (SSSR count). The van der Waals surface area contributed by atoms with Gasteiger partial charge in [-0.1, -0.05) is 49.2 Å². The van der Waals surface area contributed by atoms with Gasteiger partial charge < -0.3 is 15.0 Å². The van der Waals surface area contributed by atoms with Crippen molar-refractivity contribution in [1.29, 1.82) is 0 Å². The number of nitrogens with one attached hydrogen (secondary N) is 1. The molecule has 2 aromatic carbocycles. The van der Waals surface area contributed by atoms with Crippen LogP contribution in [0.4, 0.5) is 0 Å². The number of unbranched alkanes of at least 4 members (excludes halogenated alkanes) is 1. The minimum absolute atomic E-state index is 0.131. The summed E-state index contributed by atoms with van der Waals surface area (Å²) in [5.41, 5.74) is 1.72. The van der Waals surface area contributed by atoms with E-state index in [1.807, 2.05) is 36.4 Å². The number of methoxy groups -OCH3 is 1. The van der Waals surface area contributed by atoms with Crippen LogP contribution < -0.4 is 10.1 Å². The Bertz CT molecular complexity index is 825. The maximum atomic E-state index is 13.1. The minimum Gasteiger partial charge on any atom is -0.497 e. The van der Waals surface area contributed by atoms with E-state index in [0.717, 1.165) is 24.0 Å². The Labute approximate surface area is 178 Å². The number of carbonyl (C=O) groups is 2. The Balaban J connectivity index is 2.20. The van der Waals surface area contributed by atoms with Crippen molar-refractivity contribution in [2.45, 2.75) is 45.7 Å². The third-order valence-electron chi connectivity index (χ3n) is 4.73. The molecule has 0 heterocycles. The van der Waals surface area contributed by atoms with Crippen molar-refractivity contribution in [3.8, 4) is 5.75 Å². The molecule has 0 fully saturated rings. The summed E-state index contributed by atoms with van der Waals surface area (Å²) >= 11 is 6.05. The first kappa shape index (κ1) is 22.8. The fraction of sp³-hybridized carbons (Fsp3) is 0.391. The van der Waals surface area contributed by atoms with Gasteiger partial charge in [0, 0.05) is 18.1 Å². The van der Waals surface area contributed by atoms with Gasteiger partial charge in [0.25, 0.3) is 0 Å². The van der Waals surface area contributed by atoms with Crippen LogP contribution in [-0.2, 0) is 22.6 Å². The largest absolute Gasteiger partial charge is 0.497 e. The van der Waals surface area contributed by atoms with E-state index >= 15 is 0 Å². The highest BCUT2D eigenvalue weighted by atomic mass is 35.5. The van der Waals surface area contributed by atoms with Gasteiger partial charge in [0.1, 0.15) is 11.8 Å². The highest BCUT2D eigenvalue weighted by Crippen LogP contribution is 2.18. The second-order valence-electron chi connectivity index (χ2n) is 7.00. The van der Waals surface area contributed by atoms with Crippen molar-refractivity contribution in [2.24, 2.45) is 0 Å². The van der Waals surface area contributed by atoms with Crippen LogP contribution in [0.5, 0.6) is 5.75 Å². The molecule has 0 bridgehead atoms. The van der Waals surface area contributed by atoms with Gasteiger partial charge in [-0.15, -0.1) is 0 Å². The van der Waals surface area contributed by atoms with Crippen LogP contribution in [0, 0.1) is 0 Å². The first-order chi connectivity index (χ1) is 13.9. The van der Waals surface area contributed by atoms with E-state index in [2.05, 4.69) is 12.2 Å². The molecule has 2 amide bonds. The lowest BCUT2D eigenvalue weighted by Crippen LogP contribution is -2.48. The zero-order valence-corrected chi connectivity index (χ0v) is 18.0. The molecular formula is C23H29ClN2O3. The van der Waals surface area contributed by atoms with Gasteiger partial charge in [-0.25, -0.2) is 0 Å². The molecule has 0 aliphatic rings. The summed E-state index contributed by atoms with van der Waals surface area (Å²) in [5, 5.41) is 3.50. The normalized spacial score (nSPS) is 11.6. The molecule has 5 nitrogen and oxygen atoms in total. The van der Waals surface area contributed by atoms with Crippen LogP contribution in [0.25, 0.3) is 0 Å². The molecule has 0 aliphatic heterocycles. The van der Waals surface area contributed by atoms with Crippen LogP contribution in [0.15, 0.2) is 48.5 Å². The van der Waals surface area contributed by atoms with Crippen LogP contribution in [0.1, 0.15) is 37.8 Å². The van der Waals surface area contributed by atoms with Crippen LogP contribution >= 0.6 is 11.6 Å². The van der Waals surface area contributed by atoms with Crippen molar-refractivity contribution in [2.75, 3.05) is 13.7 Å². The summed E-state index contributed by atoms with van der Waals surface area (Å²) in [5.74, 6) is 0.429. The van der Waals surface area contributed by atoms with Gasteiger partial charge in [-0.3, -0.25) is 9.59 Å². The standard InChI is InChI=1S/C23H29ClN2O3/c1-4-5-12-25-23(28)17(2)26(16-19-9-7-11-21(14-19)29-3)22(27)15-18-8-6-10-20(24)13-18/h6-11,13-14,17H,4-5,12,15-16H2,1-3H3,(H,25,28)/t17-/m1/s1. The van der Waals surface area contributed by atoms with Gasteiger partial charge in [0.05, 0.1) is 13.5 Å². The molecule has 2 aromatic rings. The molecule has 0 radical (unpaired) electrons. The highest BCUT2D eigenvalue weighted by Gasteiger charge is 2.26. The summed E-state index contributed by atoms with van der Waals surface area (Å²) in [6.45, 7) is 4.75. The Kier molecular flexibility index (Phi) is 9.00. The van der Waals surface area contributed by atoms with Gasteiger partial charge in [-0.2, -0.15) is 0 Å². The number of amides is 2. The van der Waals surface area contributed by atoms with Crippen LogP contribution in [0.2, 0.25) is 5.02 Å². The molecular weight excluding hydrogens is 388 g/mol. The van der Waals surface area contributed by atoms with Crippen molar-refractivity contribution < 1.29 is 14.3 Å². The van der Waals surface area contributed by atoms with E-state index in [-0.39, 0.29) is 18.2 Å². The molecule has 0 spiro atoms. The summed E-state index contributed by atoms with van der Waals surface area (Å²) in [7, 11) is 1.60. The lowest BCUT2D eigenvalue weighted by atomic mass is 10.1. The first-order valence-corrected chi connectivity index (χ1v) is 10.3. The smallest absolute Gasteiger partial charge is 0.242 e. The van der Waals surface area contributed by atoms with E-state index in [0.29, 0.717) is 23.9 Å². The van der Waals surface area contributed by atoms with Gasteiger partial charge in [-0.05, 0) is 48.7 Å². The number of nitrogens with zero attached hydrogens (tertiary/aromatic N) is 1. The van der Waals surface area contributed by atoms with Crippen LogP contribution in [-0.4, -0.2) is 36.4 Å². The monoisotopic (exact) mass is 416 g/mol. The first-order valence-electron chi connectivity index (χ1n) is 9.89. The predicted molar refractivity (Wildman–Crippen MR) is 116 cm³/mol. The molecule has 29 heavy (non-hydrogen) atoms. The van der Waals surface area contributed by atoms with E-state index < -0.39 is 6.04 Å². The Morgan fingerprint density at radius 2 is 1.86 bits per heavy atom. The quantitative estimate of drug-likeness (QED) is 0.590. The average molecular weight is 417 g/mol. The average Bonchev–Trinajstić information content (AvgIpc) is 2.71. The molecule has 0 unspecified atom stereocenters. The highest BCUT2D eigenvalue weighted by molar-refractivity contribution is 6.30. The summed E-state index contributed by atoms with van der Waals surface area (Å²) in [4.78, 5) is 27.4. The zero-order chi connectivity index (χ0) is 21.2. The molecule has 1 N–H and O–H groups in total. The van der Waals surface area contributed by atoms with E-state index in [9.17, 15) is 9.59 Å². The van der Waals surface area contributed by atoms with E-state index in [4.69, 9.17) is 16.3 Å². The van der Waals surface area contributed by atoms with Crippen molar-refractivity contribution in [3.63, 3.8) is 0 Å². The number of halogens is 1. The van der Waals surface area contributed by atoms with Crippen molar-refractivity contribution in [1.82, 2.24) is 10.2 Å². The zero-order valence-electron chi connectivity index (χ0n) is 17.3. The van der Waals surface area contributed by atoms with E-state index in [1.165, 1.54) is 0 Å². The number of rotatable bonds is 10. The molecule has 6 heteroatoms. The van der Waals surface area contributed by atoms with Crippen molar-refractivity contribution >= 4 is 23.4 Å². The lowest BCUT2D eigenvalue weighted by Gasteiger charge is -2.29. The van der Waals surface area contributed by atoms with Gasteiger partial charge in [0.15, 0.2) is 0 Å². The molecule has 0 saturated heterocycles. The fourth-order valence-electron chi connectivity index (χ4n) is 3.01. The number of ether oxygens (including phenoxy) is 1. The summed E-state index contributed by atoms with van der Waals surface area (Å²) in [6.07, 6.45) is 2.08. The Hall–Kier alpha value is -2.53. The number of hydrogen-bond donors (Lipinski definition) is 1. The van der Waals surface area contributed by atoms with Gasteiger partial charge >= 0.3 is 0 Å². The second-order valence-corrected chi connectivity index (χ2v) is 7.44. The third kappa shape index (κ3) is 7.09. The summed E-state index contributed by atoms with van der Waals surface area (Å²) in [6, 6.07) is 14.2. The lowest BCUT2D eigenvalue weighted by molar-refractivity contribution is -0.140. The molecule has 1 atom stereocenters. The Morgan fingerprint density at radius 1 is 1.14 bits per heavy atom. The fourth-order valence-corrected chi connectivity index (χ4v) is 3.22. The molecule has 0 saturated carbocycles. The summed E-state index contributed by atoms with van der Waals surface area (Å²) < 4.78 is 5.28. The maximum absolute atomic E-state index is 13.1. The second kappa shape index (κ2) is 11.5. The number of hydrogen-bond acceptors (Lipinski definition) is 3. The van der Waals surface area contributed by atoms with Gasteiger partial charge in [0.2, 0.25) is 11.8 Å². The minimum atomic E-state index is -0.593. The topological polar surface area (TPSA) is 58.6 Å². The Morgan fingerprint density at radius 3 is 2.55 bits per heavy atom. The van der Waals surface area contributed by atoms with E-state index in [1.54, 1.807) is 31.1 Å². The predicted octanol–water partition coefficient (Wildman–Crippen LogP) is 4.22. The molecule has 156 valence electrons. The van der Waals surface area contributed by atoms with Crippen molar-refractivity contribution in [3.05, 3.63) is 64.7 Å². The van der Waals surface area contributed by atoms with Crippen LogP contribution in [0.3, 0.4) is 0 Å². The number of benzene rings is 2. The third-order valence-corrected chi connectivity index (χ3v) is 4.96. The number of carbonyl (C=O) groups excluding carboxylic acids is 2. The molecule has 0 aliphatic carbocycles.